The molecule has 1 amide bonds. The van der Waals surface area contributed by atoms with E-state index >= 15 is 4.39 Å². The standard InChI is InChI=1S/C25H35FN6O3S/c1-5-24(6-2)23(27)32-25(7-3,20-11-12-30-36(20,24)34)17-13-16(9-10-18(17)26)31-22(33)19-14-29-21(15-28-19)35-8-4/h9-10,13-15,20,30,34H,5-8,11-12H2,1-4H3,(H2,27,32)(H,31,33)/t20-,25+/m0/s1. The SMILES string of the molecule is CCOc1cnc(C(=O)Nc2ccc(F)c([C@@]3(CC)N=C(N)C(CC)(CC)S4(O)NCC[C@@H]34)c2)cn1. The minimum absolute atomic E-state index is 0.101. The van der Waals surface area contributed by atoms with Crippen LogP contribution in [0.1, 0.15) is 69.4 Å². The molecule has 9 nitrogen and oxygen atoms in total. The summed E-state index contributed by atoms with van der Waals surface area (Å²) in [5.41, 5.74) is 6.34. The summed E-state index contributed by atoms with van der Waals surface area (Å²) in [6.07, 6.45) is 5.07. The molecular formula is C25H35FN6O3S. The quantitative estimate of drug-likeness (QED) is 0.408. The first-order chi connectivity index (χ1) is 17.2. The monoisotopic (exact) mass is 518 g/mol. The van der Waals surface area contributed by atoms with Crippen LogP contribution in [0, 0.1) is 5.82 Å². The zero-order chi connectivity index (χ0) is 26.1. The Labute approximate surface area is 212 Å². The maximum atomic E-state index is 15.5. The number of hydrogen-bond acceptors (Lipinski definition) is 8. The number of nitrogens with one attached hydrogen (secondary N) is 2. The second-order valence-corrected chi connectivity index (χ2v) is 12.0. The molecule has 36 heavy (non-hydrogen) atoms. The van der Waals surface area contributed by atoms with Crippen molar-refractivity contribution in [2.75, 3.05) is 18.5 Å². The molecule has 1 aromatic heterocycles. The van der Waals surface area contributed by atoms with Crippen LogP contribution in [0.2, 0.25) is 0 Å². The van der Waals surface area contributed by atoms with Crippen molar-refractivity contribution >= 4 is 27.9 Å². The fraction of sp³-hybridized carbons (Fsp3) is 0.520. The maximum absolute atomic E-state index is 15.5. The fourth-order valence-corrected chi connectivity index (χ4v) is 9.73. The van der Waals surface area contributed by atoms with Crippen molar-refractivity contribution in [3.8, 4) is 5.88 Å². The number of fused-ring (bicyclic) bond motifs is 1. The van der Waals surface area contributed by atoms with Gasteiger partial charge in [-0.3, -0.25) is 14.5 Å². The molecule has 0 aliphatic carbocycles. The van der Waals surface area contributed by atoms with Gasteiger partial charge in [-0.25, -0.2) is 14.4 Å². The Balaban J connectivity index is 1.74. The molecule has 0 bridgehead atoms. The van der Waals surface area contributed by atoms with Crippen molar-refractivity contribution in [3.05, 3.63) is 47.7 Å². The molecule has 0 radical (unpaired) electrons. The van der Waals surface area contributed by atoms with Crippen LogP contribution in [0.15, 0.2) is 35.6 Å². The summed E-state index contributed by atoms with van der Waals surface area (Å²) in [5.74, 6) is -0.260. The van der Waals surface area contributed by atoms with Gasteiger partial charge in [0.05, 0.1) is 29.0 Å². The van der Waals surface area contributed by atoms with Crippen molar-refractivity contribution in [1.82, 2.24) is 14.7 Å². The van der Waals surface area contributed by atoms with Crippen LogP contribution in [-0.4, -0.2) is 49.4 Å². The Morgan fingerprint density at radius 1 is 1.25 bits per heavy atom. The highest BCUT2D eigenvalue weighted by Gasteiger charge is 2.63. The van der Waals surface area contributed by atoms with Crippen molar-refractivity contribution < 1.29 is 18.5 Å². The van der Waals surface area contributed by atoms with Crippen molar-refractivity contribution in [2.24, 2.45) is 10.7 Å². The number of amidine groups is 1. The van der Waals surface area contributed by atoms with Gasteiger partial charge < -0.3 is 20.3 Å². The molecule has 2 aromatic rings. The summed E-state index contributed by atoms with van der Waals surface area (Å²) in [5, 5.41) is 2.46. The highest BCUT2D eigenvalue weighted by atomic mass is 32.3. The minimum Gasteiger partial charge on any atom is -0.477 e. The third-order valence-electron chi connectivity index (χ3n) is 7.58. The third-order valence-corrected chi connectivity index (χ3v) is 11.7. The number of carbonyl (C=O) groups excluding carboxylic acids is 1. The first-order valence-corrected chi connectivity index (χ1v) is 14.1. The Morgan fingerprint density at radius 3 is 2.61 bits per heavy atom. The lowest BCUT2D eigenvalue weighted by molar-refractivity contribution is 0.102. The fourth-order valence-electron chi connectivity index (χ4n) is 5.67. The molecule has 4 rings (SSSR count). The van der Waals surface area contributed by atoms with E-state index in [0.717, 1.165) is 0 Å². The lowest BCUT2D eigenvalue weighted by Gasteiger charge is -2.59. The number of aliphatic imine (C=N–C) groups is 1. The second kappa shape index (κ2) is 9.95. The predicted molar refractivity (Wildman–Crippen MR) is 141 cm³/mol. The minimum atomic E-state index is -2.46. The summed E-state index contributed by atoms with van der Waals surface area (Å²) in [7, 11) is -2.46. The van der Waals surface area contributed by atoms with Gasteiger partial charge in [0.15, 0.2) is 0 Å². The number of nitrogens with zero attached hydrogens (tertiary/aromatic N) is 3. The summed E-state index contributed by atoms with van der Waals surface area (Å²) in [6.45, 7) is 8.82. The van der Waals surface area contributed by atoms with Crippen LogP contribution < -0.4 is 20.5 Å². The van der Waals surface area contributed by atoms with E-state index in [4.69, 9.17) is 15.5 Å². The van der Waals surface area contributed by atoms with E-state index in [1.54, 1.807) is 6.07 Å². The normalized spacial score (nSPS) is 28.5. The van der Waals surface area contributed by atoms with Crippen LogP contribution in [0.25, 0.3) is 0 Å². The van der Waals surface area contributed by atoms with E-state index < -0.39 is 32.5 Å². The van der Waals surface area contributed by atoms with Crippen LogP contribution in [0.3, 0.4) is 0 Å². The van der Waals surface area contributed by atoms with Gasteiger partial charge in [0, 0.05) is 17.8 Å². The molecular weight excluding hydrogens is 483 g/mol. The molecule has 1 unspecified atom stereocenters. The molecule has 11 heteroatoms. The molecule has 0 spiro atoms. The first-order valence-electron chi connectivity index (χ1n) is 12.4. The van der Waals surface area contributed by atoms with Crippen LogP contribution in [-0.2, 0) is 5.54 Å². The van der Waals surface area contributed by atoms with E-state index in [0.29, 0.717) is 61.8 Å². The zero-order valence-corrected chi connectivity index (χ0v) is 22.0. The largest absolute Gasteiger partial charge is 0.477 e. The van der Waals surface area contributed by atoms with E-state index in [1.165, 1.54) is 24.5 Å². The average Bonchev–Trinajstić information content (AvgIpc) is 3.29. The van der Waals surface area contributed by atoms with Crippen molar-refractivity contribution in [2.45, 2.75) is 68.9 Å². The van der Waals surface area contributed by atoms with E-state index in [-0.39, 0.29) is 10.9 Å². The first kappa shape index (κ1) is 26.3. The van der Waals surface area contributed by atoms with Gasteiger partial charge in [0.2, 0.25) is 5.88 Å². The van der Waals surface area contributed by atoms with Crippen LogP contribution >= 0.6 is 10.5 Å². The number of hydrogen-bond donors (Lipinski definition) is 4. The van der Waals surface area contributed by atoms with Gasteiger partial charge in [0.25, 0.3) is 5.91 Å². The second-order valence-electron chi connectivity index (χ2n) is 9.10. The zero-order valence-electron chi connectivity index (χ0n) is 21.2. The van der Waals surface area contributed by atoms with Crippen molar-refractivity contribution in [1.29, 1.82) is 0 Å². The number of rotatable bonds is 8. The Hall–Kier alpha value is -2.76. The number of ether oxygens (including phenoxy) is 1. The Morgan fingerprint density at radius 2 is 2.00 bits per heavy atom. The summed E-state index contributed by atoms with van der Waals surface area (Å²) in [4.78, 5) is 26.0. The van der Waals surface area contributed by atoms with Gasteiger partial charge in [-0.1, -0.05) is 31.3 Å². The highest BCUT2D eigenvalue weighted by Crippen LogP contribution is 2.70. The number of nitrogens with two attached hydrogens (primary N) is 1. The number of carbonyl (C=O) groups is 1. The van der Waals surface area contributed by atoms with Gasteiger partial charge in [-0.15, -0.1) is 0 Å². The van der Waals surface area contributed by atoms with E-state index in [1.807, 2.05) is 27.7 Å². The van der Waals surface area contributed by atoms with Crippen molar-refractivity contribution in [3.63, 3.8) is 0 Å². The van der Waals surface area contributed by atoms with Gasteiger partial charge in [-0.2, -0.15) is 0 Å². The lowest BCUT2D eigenvalue weighted by atomic mass is 9.81. The molecule has 2 aliphatic heterocycles. The van der Waals surface area contributed by atoms with E-state index in [2.05, 4.69) is 20.0 Å². The summed E-state index contributed by atoms with van der Waals surface area (Å²) < 4.78 is 35.6. The van der Waals surface area contributed by atoms with E-state index in [9.17, 15) is 9.35 Å². The Kier molecular flexibility index (Phi) is 7.27. The van der Waals surface area contributed by atoms with Crippen LogP contribution in [0.4, 0.5) is 10.1 Å². The molecule has 3 atom stereocenters. The lowest BCUT2D eigenvalue weighted by Crippen LogP contribution is -2.60. The number of anilines is 1. The molecule has 1 fully saturated rings. The number of benzene rings is 1. The van der Waals surface area contributed by atoms with Gasteiger partial charge in [-0.05, 0) is 50.8 Å². The van der Waals surface area contributed by atoms with Gasteiger partial charge >= 0.3 is 0 Å². The third kappa shape index (κ3) is 3.93. The average molecular weight is 519 g/mol. The topological polar surface area (TPSA) is 135 Å². The summed E-state index contributed by atoms with van der Waals surface area (Å²) in [6, 6.07) is 4.40. The number of amides is 1. The molecule has 1 aromatic carbocycles. The predicted octanol–water partition coefficient (Wildman–Crippen LogP) is 4.36. The smallest absolute Gasteiger partial charge is 0.275 e. The highest BCUT2D eigenvalue weighted by molar-refractivity contribution is 8.30. The molecule has 196 valence electrons. The Bertz CT molecular complexity index is 1160. The maximum Gasteiger partial charge on any atom is 0.275 e. The number of halogens is 1. The molecule has 5 N–H and O–H groups in total. The van der Waals surface area contributed by atoms with Crippen LogP contribution in [0.5, 0.6) is 5.88 Å². The molecule has 0 saturated carbocycles. The molecule has 1 saturated heterocycles. The molecule has 2 aliphatic rings. The molecule has 3 heterocycles. The number of aromatic nitrogens is 2. The van der Waals surface area contributed by atoms with Gasteiger partial charge in [0.1, 0.15) is 22.9 Å². The summed E-state index contributed by atoms with van der Waals surface area (Å²) >= 11 is 0.